The first-order valence-corrected chi connectivity index (χ1v) is 13.5. The molecule has 2 aromatic carbocycles. The first-order chi connectivity index (χ1) is 17.4. The molecule has 0 amide bonds. The second-order valence-electron chi connectivity index (χ2n) is 10.9. The van der Waals surface area contributed by atoms with E-state index < -0.39 is 23.4 Å². The minimum absolute atomic E-state index is 0.0698. The zero-order valence-corrected chi connectivity index (χ0v) is 20.9. The lowest BCUT2D eigenvalue weighted by molar-refractivity contribution is -0.140. The molecule has 0 radical (unpaired) electrons. The van der Waals surface area contributed by atoms with Crippen LogP contribution in [0.2, 0.25) is 0 Å². The number of hydrogen-bond acceptors (Lipinski definition) is 3. The molecule has 194 valence electrons. The molecule has 3 aliphatic rings. The summed E-state index contributed by atoms with van der Waals surface area (Å²) >= 11 is 0. The first-order valence-electron chi connectivity index (χ1n) is 13.5. The Morgan fingerprint density at radius 1 is 0.889 bits per heavy atom. The molecule has 2 aliphatic carbocycles. The van der Waals surface area contributed by atoms with Gasteiger partial charge in [-0.3, -0.25) is 4.79 Å². The predicted molar refractivity (Wildman–Crippen MR) is 131 cm³/mol. The first kappa shape index (κ1) is 25.3. The molecule has 2 saturated carbocycles. The van der Waals surface area contributed by atoms with Gasteiger partial charge < -0.3 is 9.47 Å². The lowest BCUT2D eigenvalue weighted by atomic mass is 9.75. The highest BCUT2D eigenvalue weighted by Crippen LogP contribution is 2.42. The molecule has 2 aromatic rings. The highest BCUT2D eigenvalue weighted by molar-refractivity contribution is 5.75. The van der Waals surface area contributed by atoms with Gasteiger partial charge in [-0.25, -0.2) is 13.2 Å². The van der Waals surface area contributed by atoms with E-state index in [1.807, 2.05) is 0 Å². The van der Waals surface area contributed by atoms with Gasteiger partial charge in [0.25, 0.3) is 0 Å². The molecule has 1 aliphatic heterocycles. The smallest absolute Gasteiger partial charge is 0.314 e. The van der Waals surface area contributed by atoms with Gasteiger partial charge in [-0.1, -0.05) is 38.0 Å². The minimum Gasteiger partial charge on any atom is -0.423 e. The molecule has 0 aromatic heterocycles. The molecule has 3 nitrogen and oxygen atoms in total. The van der Waals surface area contributed by atoms with Crippen molar-refractivity contribution in [1.29, 1.82) is 0 Å². The number of hydrogen-bond donors (Lipinski definition) is 0. The van der Waals surface area contributed by atoms with Crippen LogP contribution >= 0.6 is 0 Å². The van der Waals surface area contributed by atoms with Crippen molar-refractivity contribution in [3.8, 4) is 5.75 Å². The van der Waals surface area contributed by atoms with Crippen molar-refractivity contribution < 1.29 is 27.4 Å². The maximum Gasteiger partial charge on any atom is 0.314 e. The molecule has 6 heteroatoms. The molecule has 3 fully saturated rings. The number of epoxide rings is 1. The predicted octanol–water partition coefficient (Wildman–Crippen LogP) is 8.13. The van der Waals surface area contributed by atoms with Gasteiger partial charge in [-0.05, 0) is 97.9 Å². The van der Waals surface area contributed by atoms with Crippen LogP contribution in [-0.2, 0) is 9.53 Å². The minimum atomic E-state index is -0.726. The SMILES string of the molecule is CCCC1CCC(c2ccc(C3CCC(C(=O)Oc4ccc(C5CO5)cc4F)CC3)c(F)c2F)CC1. The second-order valence-corrected chi connectivity index (χ2v) is 10.9. The fourth-order valence-electron chi connectivity index (χ4n) is 6.25. The summed E-state index contributed by atoms with van der Waals surface area (Å²) in [6.45, 7) is 2.77. The Morgan fingerprint density at radius 3 is 2.00 bits per heavy atom. The van der Waals surface area contributed by atoms with Gasteiger partial charge in [0, 0.05) is 0 Å². The van der Waals surface area contributed by atoms with E-state index in [4.69, 9.17) is 9.47 Å². The van der Waals surface area contributed by atoms with Crippen LogP contribution in [-0.4, -0.2) is 12.6 Å². The molecule has 1 unspecified atom stereocenters. The fourth-order valence-corrected chi connectivity index (χ4v) is 6.25. The van der Waals surface area contributed by atoms with Crippen molar-refractivity contribution >= 4 is 5.97 Å². The van der Waals surface area contributed by atoms with Gasteiger partial charge in [0.1, 0.15) is 6.10 Å². The van der Waals surface area contributed by atoms with Gasteiger partial charge >= 0.3 is 5.97 Å². The van der Waals surface area contributed by atoms with Crippen molar-refractivity contribution in [3.63, 3.8) is 0 Å². The van der Waals surface area contributed by atoms with Crippen molar-refractivity contribution in [2.45, 2.75) is 89.1 Å². The van der Waals surface area contributed by atoms with E-state index in [0.717, 1.165) is 31.2 Å². The van der Waals surface area contributed by atoms with E-state index in [2.05, 4.69) is 6.92 Å². The topological polar surface area (TPSA) is 38.8 Å². The van der Waals surface area contributed by atoms with Crippen LogP contribution in [0.4, 0.5) is 13.2 Å². The quantitative estimate of drug-likeness (QED) is 0.219. The Kier molecular flexibility index (Phi) is 7.71. The average molecular weight is 501 g/mol. The summed E-state index contributed by atoms with van der Waals surface area (Å²) in [5.41, 5.74) is 1.66. The van der Waals surface area contributed by atoms with Crippen LogP contribution in [0.3, 0.4) is 0 Å². The molecule has 36 heavy (non-hydrogen) atoms. The van der Waals surface area contributed by atoms with Crippen LogP contribution in [0.1, 0.15) is 106 Å². The van der Waals surface area contributed by atoms with Gasteiger partial charge in [0.15, 0.2) is 23.2 Å². The van der Waals surface area contributed by atoms with Gasteiger partial charge in [-0.2, -0.15) is 0 Å². The van der Waals surface area contributed by atoms with Gasteiger partial charge in [0.2, 0.25) is 0 Å². The summed E-state index contributed by atoms with van der Waals surface area (Å²) in [6, 6.07) is 8.06. The Labute approximate surface area is 211 Å². The van der Waals surface area contributed by atoms with E-state index in [9.17, 15) is 9.18 Å². The summed E-state index contributed by atoms with van der Waals surface area (Å²) in [6.07, 6.45) is 8.48. The lowest BCUT2D eigenvalue weighted by Gasteiger charge is -2.30. The summed E-state index contributed by atoms with van der Waals surface area (Å²) in [4.78, 5) is 12.7. The van der Waals surface area contributed by atoms with E-state index in [1.165, 1.54) is 25.0 Å². The summed E-state index contributed by atoms with van der Waals surface area (Å²) < 4.78 is 55.1. The van der Waals surface area contributed by atoms with Gasteiger partial charge in [0.05, 0.1) is 12.5 Å². The molecule has 0 N–H and O–H groups in total. The third-order valence-electron chi connectivity index (χ3n) is 8.50. The number of carbonyl (C=O) groups is 1. The highest BCUT2D eigenvalue weighted by atomic mass is 19.2. The van der Waals surface area contributed by atoms with Crippen molar-refractivity contribution in [3.05, 3.63) is 64.5 Å². The Morgan fingerprint density at radius 2 is 1.47 bits per heavy atom. The lowest BCUT2D eigenvalue weighted by Crippen LogP contribution is -2.26. The Bertz CT molecular complexity index is 1080. The number of esters is 1. The summed E-state index contributed by atoms with van der Waals surface area (Å²) in [5, 5.41) is 0. The monoisotopic (exact) mass is 500 g/mol. The standard InChI is InChI=1S/C30H35F3O3/c1-2-3-18-4-6-19(7-5-18)23-13-14-24(29(33)28(23)32)20-8-10-21(11-9-20)30(34)36-26-15-12-22(16-25(26)31)27-17-35-27/h12-16,18-21,27H,2-11,17H2,1H3. The van der Waals surface area contributed by atoms with Crippen LogP contribution in [0.15, 0.2) is 30.3 Å². The molecule has 0 bridgehead atoms. The number of benzene rings is 2. The Balaban J connectivity index is 1.17. The maximum atomic E-state index is 15.2. The van der Waals surface area contributed by atoms with E-state index >= 15 is 8.78 Å². The third-order valence-corrected chi connectivity index (χ3v) is 8.50. The van der Waals surface area contributed by atoms with Crippen molar-refractivity contribution in [2.75, 3.05) is 6.61 Å². The van der Waals surface area contributed by atoms with E-state index in [0.29, 0.717) is 49.3 Å². The zero-order valence-electron chi connectivity index (χ0n) is 20.9. The molecule has 5 rings (SSSR count). The summed E-state index contributed by atoms with van der Waals surface area (Å²) in [7, 11) is 0. The van der Waals surface area contributed by atoms with Crippen LogP contribution in [0.5, 0.6) is 5.75 Å². The molecule has 1 atom stereocenters. The number of rotatable bonds is 7. The summed E-state index contributed by atoms with van der Waals surface area (Å²) in [5.74, 6) is -2.25. The van der Waals surface area contributed by atoms with Crippen LogP contribution in [0, 0.1) is 29.3 Å². The normalized spacial score (nSPS) is 28.1. The van der Waals surface area contributed by atoms with Crippen molar-refractivity contribution in [1.82, 2.24) is 0 Å². The second kappa shape index (κ2) is 11.0. The number of carbonyl (C=O) groups excluding carboxylic acids is 1. The zero-order chi connectivity index (χ0) is 25.2. The van der Waals surface area contributed by atoms with E-state index in [-0.39, 0.29) is 29.6 Å². The maximum absolute atomic E-state index is 15.2. The highest BCUT2D eigenvalue weighted by Gasteiger charge is 2.33. The molecule has 0 spiro atoms. The average Bonchev–Trinajstić information content (AvgIpc) is 3.73. The molecule has 1 heterocycles. The van der Waals surface area contributed by atoms with Crippen molar-refractivity contribution in [2.24, 2.45) is 11.8 Å². The van der Waals surface area contributed by atoms with Crippen LogP contribution < -0.4 is 4.74 Å². The largest absolute Gasteiger partial charge is 0.423 e. The number of halogens is 3. The number of ether oxygens (including phenoxy) is 2. The molecular weight excluding hydrogens is 465 g/mol. The van der Waals surface area contributed by atoms with Gasteiger partial charge in [-0.15, -0.1) is 0 Å². The van der Waals surface area contributed by atoms with E-state index in [1.54, 1.807) is 18.2 Å². The molecular formula is C30H35F3O3. The fraction of sp³-hybridized carbons (Fsp3) is 0.567. The Hall–Kier alpha value is -2.34. The molecule has 1 saturated heterocycles. The third kappa shape index (κ3) is 5.49. The van der Waals surface area contributed by atoms with Crippen LogP contribution in [0.25, 0.3) is 0 Å².